The number of rotatable bonds is 2. The first-order valence-corrected chi connectivity index (χ1v) is 8.29. The molecular formula is C15H12Br3NO. The molecule has 1 N–H and O–H groups in total. The fourth-order valence-corrected chi connectivity index (χ4v) is 3.81. The number of nitrogens with one attached hydrogen (secondary N) is 1. The molecule has 0 heterocycles. The summed E-state index contributed by atoms with van der Waals surface area (Å²) >= 11 is 10.3. The number of benzene rings is 2. The molecule has 2 nitrogen and oxygen atoms in total. The molecular weight excluding hydrogens is 450 g/mol. The monoisotopic (exact) mass is 459 g/mol. The van der Waals surface area contributed by atoms with Crippen molar-refractivity contribution in [3.8, 4) is 0 Å². The zero-order valence-corrected chi connectivity index (χ0v) is 15.7. The molecule has 0 atom stereocenters. The van der Waals surface area contributed by atoms with Crippen molar-refractivity contribution >= 4 is 59.4 Å². The lowest BCUT2D eigenvalue weighted by Gasteiger charge is -2.12. The maximum Gasteiger partial charge on any atom is 0.256 e. The Hall–Kier alpha value is -0.650. The first-order valence-electron chi connectivity index (χ1n) is 5.91. The molecule has 0 aliphatic heterocycles. The van der Waals surface area contributed by atoms with Gasteiger partial charge in [0.05, 0.1) is 5.69 Å². The van der Waals surface area contributed by atoms with Gasteiger partial charge < -0.3 is 5.32 Å². The second-order valence-electron chi connectivity index (χ2n) is 4.52. The molecule has 1 amide bonds. The van der Waals surface area contributed by atoms with Gasteiger partial charge in [0, 0.05) is 19.0 Å². The van der Waals surface area contributed by atoms with Gasteiger partial charge in [-0.25, -0.2) is 0 Å². The summed E-state index contributed by atoms with van der Waals surface area (Å²) in [7, 11) is 0. The van der Waals surface area contributed by atoms with Crippen molar-refractivity contribution in [2.24, 2.45) is 0 Å². The highest BCUT2D eigenvalue weighted by Gasteiger charge is 2.14. The Kier molecular flexibility index (Phi) is 5.04. The van der Waals surface area contributed by atoms with Gasteiger partial charge in [0.15, 0.2) is 0 Å². The van der Waals surface area contributed by atoms with Gasteiger partial charge in [-0.3, -0.25) is 4.79 Å². The molecule has 104 valence electrons. The first-order chi connectivity index (χ1) is 9.38. The van der Waals surface area contributed by atoms with Crippen LogP contribution in [0.5, 0.6) is 0 Å². The third-order valence-electron chi connectivity index (χ3n) is 2.87. The van der Waals surface area contributed by atoms with Crippen molar-refractivity contribution in [1.82, 2.24) is 0 Å². The highest BCUT2D eigenvalue weighted by Crippen LogP contribution is 2.33. The Bertz CT molecular complexity index is 660. The molecule has 0 unspecified atom stereocenters. The number of carbonyl (C=O) groups excluding carboxylic acids is 1. The molecule has 2 rings (SSSR count). The van der Waals surface area contributed by atoms with Gasteiger partial charge in [-0.15, -0.1) is 0 Å². The Morgan fingerprint density at radius 3 is 2.20 bits per heavy atom. The average Bonchev–Trinajstić information content (AvgIpc) is 2.36. The van der Waals surface area contributed by atoms with Crippen LogP contribution in [0, 0.1) is 13.8 Å². The number of hydrogen-bond donors (Lipinski definition) is 1. The minimum Gasteiger partial charge on any atom is -0.320 e. The molecule has 0 aliphatic rings. The van der Waals surface area contributed by atoms with E-state index in [0.717, 1.165) is 30.2 Å². The molecule has 5 heteroatoms. The lowest BCUT2D eigenvalue weighted by Crippen LogP contribution is -2.14. The summed E-state index contributed by atoms with van der Waals surface area (Å²) in [4.78, 5) is 12.4. The smallest absolute Gasteiger partial charge is 0.256 e. The van der Waals surface area contributed by atoms with E-state index in [1.807, 2.05) is 44.2 Å². The van der Waals surface area contributed by atoms with E-state index >= 15 is 0 Å². The van der Waals surface area contributed by atoms with Crippen molar-refractivity contribution in [2.75, 3.05) is 5.32 Å². The van der Waals surface area contributed by atoms with E-state index in [9.17, 15) is 4.79 Å². The fraction of sp³-hybridized carbons (Fsp3) is 0.133. The highest BCUT2D eigenvalue weighted by molar-refractivity contribution is 9.11. The van der Waals surface area contributed by atoms with E-state index in [4.69, 9.17) is 0 Å². The van der Waals surface area contributed by atoms with Crippen LogP contribution in [0.4, 0.5) is 5.69 Å². The highest BCUT2D eigenvalue weighted by atomic mass is 79.9. The second-order valence-corrected chi connectivity index (χ2v) is 7.14. The lowest BCUT2D eigenvalue weighted by atomic mass is 10.1. The summed E-state index contributed by atoms with van der Waals surface area (Å²) in [5.41, 5.74) is 3.43. The van der Waals surface area contributed by atoms with Gasteiger partial charge in [-0.1, -0.05) is 22.0 Å². The molecule has 0 spiro atoms. The predicted molar refractivity (Wildman–Crippen MR) is 93.4 cm³/mol. The van der Waals surface area contributed by atoms with Crippen LogP contribution in [0.2, 0.25) is 0 Å². The molecule has 0 saturated carbocycles. The molecule has 0 bridgehead atoms. The normalized spacial score (nSPS) is 10.4. The van der Waals surface area contributed by atoms with E-state index in [0.29, 0.717) is 5.56 Å². The van der Waals surface area contributed by atoms with Crippen LogP contribution >= 0.6 is 47.8 Å². The van der Waals surface area contributed by atoms with Gasteiger partial charge in [0.1, 0.15) is 0 Å². The number of anilines is 1. The van der Waals surface area contributed by atoms with Crippen LogP contribution in [0.3, 0.4) is 0 Å². The largest absolute Gasteiger partial charge is 0.320 e. The molecule has 0 aliphatic carbocycles. The second kappa shape index (κ2) is 6.41. The Balaban J connectivity index is 2.35. The Morgan fingerprint density at radius 2 is 1.60 bits per heavy atom. The van der Waals surface area contributed by atoms with Crippen LogP contribution in [0.25, 0.3) is 0 Å². The minimum absolute atomic E-state index is 0.131. The fourth-order valence-electron chi connectivity index (χ4n) is 1.84. The number of hydrogen-bond acceptors (Lipinski definition) is 1. The van der Waals surface area contributed by atoms with E-state index in [1.165, 1.54) is 0 Å². The number of amides is 1. The summed E-state index contributed by atoms with van der Waals surface area (Å²) in [6.45, 7) is 3.92. The Labute approximate surface area is 143 Å². The van der Waals surface area contributed by atoms with Crippen LogP contribution < -0.4 is 5.32 Å². The van der Waals surface area contributed by atoms with Gasteiger partial charge in [0.2, 0.25) is 0 Å². The number of aryl methyl sites for hydroxylation is 2. The summed E-state index contributed by atoms with van der Waals surface area (Å²) in [6.07, 6.45) is 0. The molecule has 2 aromatic carbocycles. The maximum absolute atomic E-state index is 12.4. The number of carbonyl (C=O) groups is 1. The molecule has 0 radical (unpaired) electrons. The van der Waals surface area contributed by atoms with Crippen molar-refractivity contribution < 1.29 is 4.79 Å². The van der Waals surface area contributed by atoms with Crippen LogP contribution in [-0.4, -0.2) is 5.91 Å². The Morgan fingerprint density at radius 1 is 1.00 bits per heavy atom. The average molecular weight is 462 g/mol. The summed E-state index contributed by atoms with van der Waals surface area (Å²) in [6, 6.07) is 9.59. The zero-order chi connectivity index (χ0) is 14.9. The molecule has 0 aromatic heterocycles. The lowest BCUT2D eigenvalue weighted by molar-refractivity contribution is 0.102. The third-order valence-corrected chi connectivity index (χ3v) is 4.61. The minimum atomic E-state index is -0.131. The van der Waals surface area contributed by atoms with E-state index in [2.05, 4.69) is 53.1 Å². The third kappa shape index (κ3) is 3.51. The van der Waals surface area contributed by atoms with Gasteiger partial charge in [0.25, 0.3) is 5.91 Å². The summed E-state index contributed by atoms with van der Waals surface area (Å²) in [5.74, 6) is -0.131. The van der Waals surface area contributed by atoms with E-state index in [-0.39, 0.29) is 5.91 Å². The van der Waals surface area contributed by atoms with E-state index < -0.39 is 0 Å². The van der Waals surface area contributed by atoms with Crippen LogP contribution in [0.15, 0.2) is 43.7 Å². The summed E-state index contributed by atoms with van der Waals surface area (Å²) < 4.78 is 2.59. The van der Waals surface area contributed by atoms with Crippen LogP contribution in [0.1, 0.15) is 21.5 Å². The van der Waals surface area contributed by atoms with Gasteiger partial charge in [-0.05, 0) is 81.1 Å². The van der Waals surface area contributed by atoms with Crippen LogP contribution in [-0.2, 0) is 0 Å². The predicted octanol–water partition coefficient (Wildman–Crippen LogP) is 5.84. The van der Waals surface area contributed by atoms with Crippen molar-refractivity contribution in [3.63, 3.8) is 0 Å². The van der Waals surface area contributed by atoms with Crippen molar-refractivity contribution in [3.05, 3.63) is 60.4 Å². The van der Waals surface area contributed by atoms with Crippen molar-refractivity contribution in [1.29, 1.82) is 0 Å². The van der Waals surface area contributed by atoms with Gasteiger partial charge in [-0.2, -0.15) is 0 Å². The molecule has 0 saturated heterocycles. The SMILES string of the molecule is Cc1cc(Br)c(NC(=O)c2cc(Br)ccc2C)c(Br)c1. The molecule has 20 heavy (non-hydrogen) atoms. The zero-order valence-electron chi connectivity index (χ0n) is 10.9. The standard InChI is InChI=1S/C15H12Br3NO/c1-8-5-12(17)14(13(18)6-8)19-15(20)11-7-10(16)4-3-9(11)2/h3-7H,1-2H3,(H,19,20). The first kappa shape index (κ1) is 15.7. The molecule has 0 fully saturated rings. The quantitative estimate of drug-likeness (QED) is 0.597. The van der Waals surface area contributed by atoms with E-state index in [1.54, 1.807) is 0 Å². The summed E-state index contributed by atoms with van der Waals surface area (Å²) in [5, 5.41) is 2.94. The maximum atomic E-state index is 12.4. The topological polar surface area (TPSA) is 29.1 Å². The molecule has 2 aromatic rings. The number of halogens is 3. The van der Waals surface area contributed by atoms with Gasteiger partial charge >= 0.3 is 0 Å². The van der Waals surface area contributed by atoms with Crippen molar-refractivity contribution in [2.45, 2.75) is 13.8 Å².